The molecule has 53 heavy (non-hydrogen) atoms. The number of benzene rings is 1. The summed E-state index contributed by atoms with van der Waals surface area (Å²) < 4.78 is 3.34. The third-order valence-electron chi connectivity index (χ3n) is 9.20. The van der Waals surface area contributed by atoms with Crippen LogP contribution in [-0.2, 0) is 0 Å². The van der Waals surface area contributed by atoms with Crippen LogP contribution < -0.4 is 15.3 Å². The van der Waals surface area contributed by atoms with Gasteiger partial charge in [-0.25, -0.2) is 9.97 Å². The minimum atomic E-state index is 0.599. The van der Waals surface area contributed by atoms with Crippen LogP contribution >= 0.6 is 11.8 Å². The van der Waals surface area contributed by atoms with E-state index < -0.39 is 0 Å². The first-order valence-electron chi connectivity index (χ1n) is 17.9. The molecule has 1 aliphatic heterocycles. The SMILES string of the molecule is CCCCN(CC)c1ccc(/C=c2/c(C)nn3c(-c4cnccn4)nnc23)c(C)c1.Cc1nn2nc(-c3ccccn3)nc2c1=CC=C1SCCN1C. The Morgan fingerprint density at radius 2 is 1.72 bits per heavy atom. The van der Waals surface area contributed by atoms with Gasteiger partial charge in [-0.15, -0.1) is 31.7 Å². The Balaban J connectivity index is 0.000000170. The first kappa shape index (κ1) is 35.6. The van der Waals surface area contributed by atoms with Crippen molar-refractivity contribution in [1.82, 2.24) is 59.5 Å². The van der Waals surface area contributed by atoms with Crippen molar-refractivity contribution in [2.75, 3.05) is 37.3 Å². The van der Waals surface area contributed by atoms with Crippen LogP contribution in [0.4, 0.5) is 5.69 Å². The highest BCUT2D eigenvalue weighted by Gasteiger charge is 2.16. The third-order valence-corrected chi connectivity index (χ3v) is 10.3. The van der Waals surface area contributed by atoms with E-state index in [1.165, 1.54) is 29.1 Å². The average molecular weight is 726 g/mol. The van der Waals surface area contributed by atoms with Crippen molar-refractivity contribution >= 4 is 40.9 Å². The van der Waals surface area contributed by atoms with Crippen molar-refractivity contribution in [1.29, 1.82) is 0 Å². The molecule has 0 radical (unpaired) electrons. The van der Waals surface area contributed by atoms with E-state index in [0.29, 0.717) is 17.3 Å². The summed E-state index contributed by atoms with van der Waals surface area (Å²) >= 11 is 1.87. The number of hydrogen-bond donors (Lipinski definition) is 0. The van der Waals surface area contributed by atoms with Crippen molar-refractivity contribution < 1.29 is 0 Å². The van der Waals surface area contributed by atoms with E-state index in [2.05, 4.69) is 119 Å². The lowest BCUT2D eigenvalue weighted by Crippen LogP contribution is -2.23. The van der Waals surface area contributed by atoms with Gasteiger partial charge >= 0.3 is 0 Å². The number of fused-ring (bicyclic) bond motifs is 2. The van der Waals surface area contributed by atoms with Crippen LogP contribution in [0, 0.1) is 20.8 Å². The molecule has 0 amide bonds. The predicted molar refractivity (Wildman–Crippen MR) is 211 cm³/mol. The Labute approximate surface area is 312 Å². The Bertz CT molecular complexity index is 2470. The lowest BCUT2D eigenvalue weighted by Gasteiger charge is -2.23. The summed E-state index contributed by atoms with van der Waals surface area (Å²) in [7, 11) is 2.11. The molecule has 7 heterocycles. The van der Waals surface area contributed by atoms with Crippen molar-refractivity contribution in [3.8, 4) is 23.0 Å². The number of unbranched alkanes of at least 4 members (excludes halogenated alkanes) is 1. The molecule has 6 aromatic heterocycles. The van der Waals surface area contributed by atoms with Crippen LogP contribution in [0.25, 0.3) is 46.5 Å². The summed E-state index contributed by atoms with van der Waals surface area (Å²) in [6, 6.07) is 12.4. The van der Waals surface area contributed by atoms with Gasteiger partial charge in [-0.1, -0.05) is 25.5 Å². The molecule has 1 saturated heterocycles. The van der Waals surface area contributed by atoms with Crippen molar-refractivity contribution in [3.63, 3.8) is 0 Å². The minimum Gasteiger partial charge on any atom is -0.372 e. The summed E-state index contributed by atoms with van der Waals surface area (Å²) in [6.07, 6.45) is 15.5. The van der Waals surface area contributed by atoms with E-state index in [1.807, 2.05) is 43.8 Å². The van der Waals surface area contributed by atoms with E-state index in [-0.39, 0.29) is 0 Å². The molecule has 0 N–H and O–H groups in total. The highest BCUT2D eigenvalue weighted by atomic mass is 32.2. The molecule has 0 unspecified atom stereocenters. The van der Waals surface area contributed by atoms with E-state index in [4.69, 9.17) is 0 Å². The highest BCUT2D eigenvalue weighted by Crippen LogP contribution is 2.26. The molecule has 1 fully saturated rings. The molecule has 14 heteroatoms. The van der Waals surface area contributed by atoms with Crippen LogP contribution in [0.1, 0.15) is 49.2 Å². The molecule has 0 saturated carbocycles. The molecular formula is C39H43N13S. The van der Waals surface area contributed by atoms with E-state index in [1.54, 1.807) is 33.9 Å². The van der Waals surface area contributed by atoms with Crippen LogP contribution in [0.3, 0.4) is 0 Å². The van der Waals surface area contributed by atoms with Crippen molar-refractivity contribution in [3.05, 3.63) is 105 Å². The van der Waals surface area contributed by atoms with Gasteiger partial charge in [0.25, 0.3) is 0 Å². The quantitative estimate of drug-likeness (QED) is 0.201. The fraction of sp³-hybridized carbons (Fsp3) is 0.308. The average Bonchev–Trinajstić information content (AvgIpc) is 3.99. The van der Waals surface area contributed by atoms with Crippen molar-refractivity contribution in [2.24, 2.45) is 0 Å². The van der Waals surface area contributed by atoms with Crippen molar-refractivity contribution in [2.45, 2.75) is 47.5 Å². The monoisotopic (exact) mass is 725 g/mol. The zero-order valence-electron chi connectivity index (χ0n) is 31.0. The molecule has 8 rings (SSSR count). The molecular weight excluding hydrogens is 683 g/mol. The van der Waals surface area contributed by atoms with E-state index in [9.17, 15) is 0 Å². The summed E-state index contributed by atoms with van der Waals surface area (Å²) in [4.78, 5) is 22.0. The molecule has 7 aromatic rings. The van der Waals surface area contributed by atoms with Gasteiger partial charge in [-0.05, 0) is 87.7 Å². The number of aryl methyl sites for hydroxylation is 3. The van der Waals surface area contributed by atoms with Gasteiger partial charge in [-0.3, -0.25) is 9.97 Å². The molecule has 0 aliphatic carbocycles. The number of hydrogen-bond acceptors (Lipinski definition) is 12. The van der Waals surface area contributed by atoms with E-state index in [0.717, 1.165) is 69.8 Å². The summed E-state index contributed by atoms with van der Waals surface area (Å²) in [6.45, 7) is 13.8. The molecule has 0 spiro atoms. The van der Waals surface area contributed by atoms with Crippen LogP contribution in [-0.4, -0.2) is 91.9 Å². The topological polar surface area (TPSA) is 131 Å². The standard InChI is InChI=1S/C23H27N7.C16H16N6S/c1-5-7-12-29(6-2)19-9-8-18(16(3)13-19)14-20-17(4)28-30-22(20)26-27-23(30)21-15-24-10-11-25-21;1-11-12(6-7-14-21(2)9-10-23-14)16-18-15(20-22(16)19-11)13-5-3-4-8-17-13/h8-11,13-15H,5-7,12H2,1-4H3;3-8H,9-10H2,1-2H3/b20-14-;. The Kier molecular flexibility index (Phi) is 10.7. The Morgan fingerprint density at radius 3 is 2.43 bits per heavy atom. The van der Waals surface area contributed by atoms with Gasteiger partial charge in [0.15, 0.2) is 11.3 Å². The number of anilines is 1. The number of allylic oxidation sites excluding steroid dienone is 1. The smallest absolute Gasteiger partial charge is 0.205 e. The molecule has 13 nitrogen and oxygen atoms in total. The zero-order valence-corrected chi connectivity index (χ0v) is 31.8. The highest BCUT2D eigenvalue weighted by molar-refractivity contribution is 8.03. The molecule has 1 aromatic carbocycles. The predicted octanol–water partition coefficient (Wildman–Crippen LogP) is 4.89. The number of nitrogens with zero attached hydrogens (tertiary/aromatic N) is 13. The number of pyridine rings is 1. The maximum Gasteiger partial charge on any atom is 0.205 e. The van der Waals surface area contributed by atoms with Gasteiger partial charge in [0.1, 0.15) is 11.4 Å². The zero-order chi connectivity index (χ0) is 36.9. The summed E-state index contributed by atoms with van der Waals surface area (Å²) in [5.41, 5.74) is 8.41. The van der Waals surface area contributed by atoms with Gasteiger partial charge in [0.05, 0.1) is 22.6 Å². The second-order valence-electron chi connectivity index (χ2n) is 12.9. The normalized spacial score (nSPS) is 14.5. The van der Waals surface area contributed by atoms with E-state index >= 15 is 0 Å². The van der Waals surface area contributed by atoms with Gasteiger partial charge in [-0.2, -0.15) is 14.7 Å². The van der Waals surface area contributed by atoms with Gasteiger partial charge < -0.3 is 9.80 Å². The van der Waals surface area contributed by atoms with Gasteiger partial charge in [0.2, 0.25) is 11.6 Å². The lowest BCUT2D eigenvalue weighted by molar-refractivity contribution is 0.493. The fourth-order valence-corrected chi connectivity index (χ4v) is 7.23. The Morgan fingerprint density at radius 1 is 0.868 bits per heavy atom. The lowest BCUT2D eigenvalue weighted by atomic mass is 10.1. The maximum atomic E-state index is 4.65. The number of aromatic nitrogens is 11. The van der Waals surface area contributed by atoms with Crippen LogP contribution in [0.15, 0.2) is 72.3 Å². The first-order chi connectivity index (χ1) is 25.8. The maximum absolute atomic E-state index is 4.65. The molecule has 1 aliphatic rings. The fourth-order valence-electron chi connectivity index (χ4n) is 6.18. The minimum absolute atomic E-state index is 0.599. The van der Waals surface area contributed by atoms with Crippen LogP contribution in [0.2, 0.25) is 0 Å². The van der Waals surface area contributed by atoms with Gasteiger partial charge in [0, 0.05) is 67.2 Å². The second-order valence-corrected chi connectivity index (χ2v) is 14.0. The largest absolute Gasteiger partial charge is 0.372 e. The first-order valence-corrected chi connectivity index (χ1v) is 18.9. The summed E-state index contributed by atoms with van der Waals surface area (Å²) in [5.74, 6) is 2.34. The van der Waals surface area contributed by atoms with Crippen LogP contribution in [0.5, 0.6) is 0 Å². The number of rotatable bonds is 9. The third kappa shape index (κ3) is 7.58. The molecule has 0 atom stereocenters. The molecule has 270 valence electrons. The summed E-state index contributed by atoms with van der Waals surface area (Å²) in [5, 5.41) is 25.5. The Hall–Kier alpha value is -5.76. The molecule has 0 bridgehead atoms. The second kappa shape index (κ2) is 15.9. The number of thioether (sulfide) groups is 1.